The smallest absolute Gasteiger partial charge is 0.252 e. The molecule has 2 aromatic rings. The lowest BCUT2D eigenvalue weighted by Crippen LogP contribution is -2.48. The molecule has 1 N–H and O–H groups in total. The van der Waals surface area contributed by atoms with Crippen molar-refractivity contribution in [2.24, 2.45) is 10.5 Å². The van der Waals surface area contributed by atoms with Gasteiger partial charge in [0, 0.05) is 36.6 Å². The zero-order valence-electron chi connectivity index (χ0n) is 17.5. The lowest BCUT2D eigenvalue weighted by molar-refractivity contribution is -0.127. The maximum atomic E-state index is 12.6. The molecule has 3 aliphatic rings. The molecule has 1 saturated heterocycles. The van der Waals surface area contributed by atoms with E-state index in [0.717, 1.165) is 40.2 Å². The molecule has 0 radical (unpaired) electrons. The minimum Gasteiger partial charge on any atom is -0.593 e. The molecule has 1 fully saturated rings. The van der Waals surface area contributed by atoms with Crippen molar-refractivity contribution in [1.29, 1.82) is 0 Å². The minimum atomic E-state index is -1.02. The third-order valence-corrected chi connectivity index (χ3v) is 8.38. The van der Waals surface area contributed by atoms with E-state index in [1.807, 2.05) is 32.3 Å². The second kappa shape index (κ2) is 7.69. The van der Waals surface area contributed by atoms with E-state index in [0.29, 0.717) is 36.7 Å². The predicted molar refractivity (Wildman–Crippen MR) is 125 cm³/mol. The molecule has 162 valence electrons. The van der Waals surface area contributed by atoms with Gasteiger partial charge in [-0.3, -0.25) is 9.78 Å². The summed E-state index contributed by atoms with van der Waals surface area (Å²) in [5.41, 5.74) is 8.09. The van der Waals surface area contributed by atoms with Crippen molar-refractivity contribution in [3.05, 3.63) is 41.2 Å². The Kier molecular flexibility index (Phi) is 5.11. The number of nitrogens with one attached hydrogen (secondary N) is 1. The summed E-state index contributed by atoms with van der Waals surface area (Å²) in [6.07, 6.45) is 5.69. The van der Waals surface area contributed by atoms with E-state index in [1.54, 1.807) is 10.5 Å². The van der Waals surface area contributed by atoms with Crippen LogP contribution < -0.4 is 14.6 Å². The van der Waals surface area contributed by atoms with E-state index >= 15 is 0 Å². The van der Waals surface area contributed by atoms with E-state index in [1.165, 1.54) is 0 Å². The summed E-state index contributed by atoms with van der Waals surface area (Å²) >= 11 is 5.62. The number of hydrogen-bond acceptors (Lipinski definition) is 6. The Balaban J connectivity index is 1.47. The van der Waals surface area contributed by atoms with Crippen molar-refractivity contribution in [3.8, 4) is 11.1 Å². The molecule has 31 heavy (non-hydrogen) atoms. The highest BCUT2D eigenvalue weighted by Crippen LogP contribution is 2.44. The van der Waals surface area contributed by atoms with Crippen LogP contribution in [0.4, 0.5) is 11.4 Å². The number of piperidine rings is 1. The van der Waals surface area contributed by atoms with E-state index in [2.05, 4.69) is 26.5 Å². The van der Waals surface area contributed by atoms with Crippen LogP contribution in [0.1, 0.15) is 31.7 Å². The first-order chi connectivity index (χ1) is 14.9. The van der Waals surface area contributed by atoms with Gasteiger partial charge in [-0.2, -0.15) is 9.41 Å². The zero-order valence-corrected chi connectivity index (χ0v) is 19.1. The lowest BCUT2D eigenvalue weighted by atomic mass is 9.73. The molecule has 4 heterocycles. The highest BCUT2D eigenvalue weighted by Gasteiger charge is 2.48. The Morgan fingerprint density at radius 3 is 2.81 bits per heavy atom. The standard InChI is InChI=1S/C22H24ClN5O2S/c1-3-19-22(21(29)26-25-19)6-8-28(9-7-22)20-16(11-24-12-17(20)23)14-4-5-18-15(10-14)13-31(30)27(18)2/h4-5,10-12H,3,6-9,13H2,1-2H3,(H,26,29). The number of halogens is 1. The number of nitrogens with zero attached hydrogens (tertiary/aromatic N) is 4. The van der Waals surface area contributed by atoms with Crippen molar-refractivity contribution in [2.45, 2.75) is 31.9 Å². The van der Waals surface area contributed by atoms with Crippen molar-refractivity contribution >= 4 is 46.0 Å². The topological polar surface area (TPSA) is 83.9 Å². The summed E-state index contributed by atoms with van der Waals surface area (Å²) in [4.78, 5) is 19.2. The molecular weight excluding hydrogens is 434 g/mol. The van der Waals surface area contributed by atoms with Crippen LogP contribution in [0.25, 0.3) is 11.1 Å². The van der Waals surface area contributed by atoms with Crippen molar-refractivity contribution < 1.29 is 9.35 Å². The number of amides is 1. The molecule has 7 nitrogen and oxygen atoms in total. The van der Waals surface area contributed by atoms with Crippen LogP contribution in [0.15, 0.2) is 35.7 Å². The van der Waals surface area contributed by atoms with Crippen molar-refractivity contribution in [2.75, 3.05) is 29.3 Å². The molecule has 1 atom stereocenters. The van der Waals surface area contributed by atoms with Crippen LogP contribution in [0.3, 0.4) is 0 Å². The molecule has 1 aromatic carbocycles. The lowest BCUT2D eigenvalue weighted by Gasteiger charge is -2.40. The van der Waals surface area contributed by atoms with Crippen LogP contribution >= 0.6 is 11.6 Å². The Labute approximate surface area is 189 Å². The van der Waals surface area contributed by atoms with Gasteiger partial charge in [0.25, 0.3) is 5.91 Å². The zero-order chi connectivity index (χ0) is 21.8. The van der Waals surface area contributed by atoms with Gasteiger partial charge in [0.2, 0.25) is 0 Å². The quantitative estimate of drug-likeness (QED) is 0.713. The maximum absolute atomic E-state index is 12.6. The number of pyridine rings is 1. The van der Waals surface area contributed by atoms with Crippen LogP contribution in [0, 0.1) is 5.41 Å². The molecule has 0 bridgehead atoms. The number of hydrogen-bond donors (Lipinski definition) is 1. The molecule has 0 saturated carbocycles. The predicted octanol–water partition coefficient (Wildman–Crippen LogP) is 3.50. The number of rotatable bonds is 3. The fraction of sp³-hybridized carbons (Fsp3) is 0.409. The Morgan fingerprint density at radius 2 is 2.06 bits per heavy atom. The van der Waals surface area contributed by atoms with Crippen molar-refractivity contribution in [1.82, 2.24) is 10.4 Å². The van der Waals surface area contributed by atoms with Gasteiger partial charge in [-0.25, -0.2) is 5.43 Å². The molecule has 1 amide bonds. The maximum Gasteiger partial charge on any atom is 0.252 e. The average molecular weight is 458 g/mol. The largest absolute Gasteiger partial charge is 0.593 e. The first-order valence-corrected chi connectivity index (χ1v) is 12.1. The summed E-state index contributed by atoms with van der Waals surface area (Å²) in [7, 11) is 1.85. The van der Waals surface area contributed by atoms with Crippen LogP contribution in [0.5, 0.6) is 0 Å². The molecule has 5 rings (SSSR count). The van der Waals surface area contributed by atoms with Crippen LogP contribution in [-0.2, 0) is 21.9 Å². The molecule has 9 heteroatoms. The normalized spacial score (nSPS) is 22.0. The number of benzene rings is 1. The van der Waals surface area contributed by atoms with E-state index < -0.39 is 16.8 Å². The SMILES string of the molecule is CCC1=NNC(=O)C12CCN(c1c(Cl)cncc1-c1ccc3c(c1)C[S+]([O-])N3C)CC2. The number of anilines is 2. The Bertz CT molecular complexity index is 1080. The minimum absolute atomic E-state index is 0.0146. The van der Waals surface area contributed by atoms with Gasteiger partial charge in [0.15, 0.2) is 5.75 Å². The Hall–Kier alpha value is -2.29. The number of hydrazone groups is 1. The van der Waals surface area contributed by atoms with Gasteiger partial charge in [0.05, 0.1) is 45.9 Å². The molecule has 3 aliphatic heterocycles. The van der Waals surface area contributed by atoms with Gasteiger partial charge in [-0.05, 0) is 37.0 Å². The number of fused-ring (bicyclic) bond motifs is 1. The van der Waals surface area contributed by atoms with Gasteiger partial charge >= 0.3 is 0 Å². The van der Waals surface area contributed by atoms with Crippen LogP contribution in [0.2, 0.25) is 5.02 Å². The van der Waals surface area contributed by atoms with E-state index in [9.17, 15) is 9.35 Å². The second-order valence-electron chi connectivity index (χ2n) is 8.25. The monoisotopic (exact) mass is 457 g/mol. The van der Waals surface area contributed by atoms with Gasteiger partial charge in [-0.1, -0.05) is 24.6 Å². The fourth-order valence-corrected chi connectivity index (χ4v) is 6.35. The van der Waals surface area contributed by atoms with Crippen LogP contribution in [-0.4, -0.2) is 41.3 Å². The summed E-state index contributed by atoms with van der Waals surface area (Å²) in [6.45, 7) is 3.46. The second-order valence-corrected chi connectivity index (χ2v) is 10.1. The number of carbonyl (C=O) groups is 1. The number of carbonyl (C=O) groups excluding carboxylic acids is 1. The third kappa shape index (κ3) is 3.20. The highest BCUT2D eigenvalue weighted by molar-refractivity contribution is 7.92. The summed E-state index contributed by atoms with van der Waals surface area (Å²) in [5.74, 6) is 0.532. The first kappa shape index (κ1) is 20.6. The molecule has 0 aliphatic carbocycles. The fourth-order valence-electron chi connectivity index (χ4n) is 4.98. The van der Waals surface area contributed by atoms with Gasteiger partial charge in [-0.15, -0.1) is 0 Å². The summed E-state index contributed by atoms with van der Waals surface area (Å²) in [6, 6.07) is 6.13. The van der Waals surface area contributed by atoms with Gasteiger partial charge < -0.3 is 9.45 Å². The molecule has 1 aromatic heterocycles. The molecule has 1 spiro atoms. The Morgan fingerprint density at radius 1 is 1.29 bits per heavy atom. The summed E-state index contributed by atoms with van der Waals surface area (Å²) in [5, 5.41) is 4.86. The third-order valence-electron chi connectivity index (χ3n) is 6.73. The van der Waals surface area contributed by atoms with Gasteiger partial charge in [0.1, 0.15) is 0 Å². The number of aromatic nitrogens is 1. The highest BCUT2D eigenvalue weighted by atomic mass is 35.5. The first-order valence-electron chi connectivity index (χ1n) is 10.5. The molecular formula is C22H24ClN5O2S. The van der Waals surface area contributed by atoms with E-state index in [-0.39, 0.29) is 5.91 Å². The van der Waals surface area contributed by atoms with Crippen molar-refractivity contribution in [3.63, 3.8) is 0 Å². The molecule has 1 unspecified atom stereocenters. The summed E-state index contributed by atoms with van der Waals surface area (Å²) < 4.78 is 14.0. The average Bonchev–Trinajstić information content (AvgIpc) is 3.24. The van der Waals surface area contributed by atoms with E-state index in [4.69, 9.17) is 11.6 Å².